The van der Waals surface area contributed by atoms with Crippen LogP contribution in [0.5, 0.6) is 0 Å². The summed E-state index contributed by atoms with van der Waals surface area (Å²) < 4.78 is 5.68. The first-order chi connectivity index (χ1) is 8.88. The highest BCUT2D eigenvalue weighted by atomic mass is 16.3. The van der Waals surface area contributed by atoms with Gasteiger partial charge in [0.1, 0.15) is 11.7 Å². The number of benzene rings is 1. The molecular formula is C17H21NO. The van der Waals surface area contributed by atoms with E-state index in [-0.39, 0.29) is 5.41 Å². The highest BCUT2D eigenvalue weighted by molar-refractivity contribution is 5.85. The van der Waals surface area contributed by atoms with Gasteiger partial charge in [0.15, 0.2) is 0 Å². The smallest absolute Gasteiger partial charge is 0.208 e. The molecule has 0 aliphatic heterocycles. The van der Waals surface area contributed by atoms with Gasteiger partial charge in [-0.25, -0.2) is 0 Å². The molecular weight excluding hydrogens is 234 g/mol. The molecule has 0 spiro atoms. The minimum Gasteiger partial charge on any atom is -0.445 e. The number of hydrogen-bond donors (Lipinski definition) is 0. The molecule has 2 aromatic rings. The summed E-state index contributed by atoms with van der Waals surface area (Å²) in [5.74, 6) is 0.974. The fourth-order valence-corrected chi connectivity index (χ4v) is 2.48. The van der Waals surface area contributed by atoms with Crippen molar-refractivity contribution in [3.8, 4) is 6.07 Å². The third-order valence-corrected chi connectivity index (χ3v) is 3.74. The van der Waals surface area contributed by atoms with Crippen molar-refractivity contribution in [2.24, 2.45) is 0 Å². The van der Waals surface area contributed by atoms with Crippen LogP contribution in [0.2, 0.25) is 0 Å². The van der Waals surface area contributed by atoms with E-state index in [9.17, 15) is 5.26 Å². The van der Waals surface area contributed by atoms with E-state index in [1.54, 1.807) is 0 Å². The Morgan fingerprint density at radius 1 is 1.32 bits per heavy atom. The Bertz CT molecular complexity index is 638. The van der Waals surface area contributed by atoms with Crippen LogP contribution in [-0.2, 0) is 5.41 Å². The fourth-order valence-electron chi connectivity index (χ4n) is 2.48. The van der Waals surface area contributed by atoms with Crippen molar-refractivity contribution < 1.29 is 4.42 Å². The van der Waals surface area contributed by atoms with Gasteiger partial charge in [0.25, 0.3) is 0 Å². The molecule has 19 heavy (non-hydrogen) atoms. The highest BCUT2D eigenvalue weighted by Gasteiger charge is 2.25. The molecule has 2 heteroatoms. The first-order valence-electron chi connectivity index (χ1n) is 6.85. The van der Waals surface area contributed by atoms with E-state index >= 15 is 0 Å². The Hall–Kier alpha value is -1.75. The number of furan rings is 1. The predicted octanol–water partition coefficient (Wildman–Crippen LogP) is 5.12. The molecule has 100 valence electrons. The van der Waals surface area contributed by atoms with Crippen molar-refractivity contribution in [3.63, 3.8) is 0 Å². The fraction of sp³-hybridized carbons (Fsp3) is 0.471. The molecule has 0 radical (unpaired) electrons. The number of fused-ring (bicyclic) bond motifs is 1. The monoisotopic (exact) mass is 255 g/mol. The van der Waals surface area contributed by atoms with E-state index in [2.05, 4.69) is 52.8 Å². The normalized spacial score (nSPS) is 13.5. The summed E-state index contributed by atoms with van der Waals surface area (Å²) in [6, 6.07) is 8.47. The van der Waals surface area contributed by atoms with Crippen LogP contribution in [0.3, 0.4) is 0 Å². The number of nitrogens with zero attached hydrogens (tertiary/aromatic N) is 1. The molecule has 0 aliphatic carbocycles. The average molecular weight is 255 g/mol. The van der Waals surface area contributed by atoms with Gasteiger partial charge in [0, 0.05) is 10.9 Å². The highest BCUT2D eigenvalue weighted by Crippen LogP contribution is 2.36. The van der Waals surface area contributed by atoms with Gasteiger partial charge in [0.2, 0.25) is 5.76 Å². The number of nitriles is 1. The van der Waals surface area contributed by atoms with Crippen LogP contribution >= 0.6 is 0 Å². The van der Waals surface area contributed by atoms with Crippen LogP contribution in [0, 0.1) is 11.3 Å². The maximum Gasteiger partial charge on any atom is 0.208 e. The van der Waals surface area contributed by atoms with Crippen molar-refractivity contribution in [3.05, 3.63) is 35.1 Å². The van der Waals surface area contributed by atoms with E-state index in [1.807, 2.05) is 6.07 Å². The summed E-state index contributed by atoms with van der Waals surface area (Å²) in [5.41, 5.74) is 3.05. The minimum absolute atomic E-state index is 0.0929. The Kier molecular flexibility index (Phi) is 3.41. The molecule has 0 saturated carbocycles. The molecule has 1 atom stereocenters. The third-order valence-electron chi connectivity index (χ3n) is 3.74. The second kappa shape index (κ2) is 4.74. The average Bonchev–Trinajstić information content (AvgIpc) is 2.74. The minimum atomic E-state index is -0.0929. The van der Waals surface area contributed by atoms with Crippen molar-refractivity contribution in [2.75, 3.05) is 0 Å². The van der Waals surface area contributed by atoms with Gasteiger partial charge in [-0.05, 0) is 35.4 Å². The van der Waals surface area contributed by atoms with E-state index in [0.29, 0.717) is 11.7 Å². The van der Waals surface area contributed by atoms with Gasteiger partial charge in [-0.15, -0.1) is 0 Å². The summed E-state index contributed by atoms with van der Waals surface area (Å²) in [7, 11) is 0. The Morgan fingerprint density at radius 3 is 2.53 bits per heavy atom. The third kappa shape index (κ3) is 2.38. The van der Waals surface area contributed by atoms with Crippen LogP contribution in [0.15, 0.2) is 22.6 Å². The van der Waals surface area contributed by atoms with Gasteiger partial charge < -0.3 is 4.42 Å². The molecule has 0 N–H and O–H groups in total. The lowest BCUT2D eigenvalue weighted by atomic mass is 9.84. The summed E-state index contributed by atoms with van der Waals surface area (Å²) in [6.45, 7) is 10.8. The molecule has 0 bridgehead atoms. The molecule has 1 unspecified atom stereocenters. The van der Waals surface area contributed by atoms with Crippen LogP contribution < -0.4 is 0 Å². The van der Waals surface area contributed by atoms with Crippen molar-refractivity contribution in [1.82, 2.24) is 0 Å². The SMILES string of the molecule is CCC(C)c1ccc2oc(C#N)c(C(C)(C)C)c2c1. The van der Waals surface area contributed by atoms with Gasteiger partial charge in [-0.2, -0.15) is 5.26 Å². The van der Waals surface area contributed by atoms with Crippen molar-refractivity contribution >= 4 is 11.0 Å². The van der Waals surface area contributed by atoms with E-state index < -0.39 is 0 Å². The molecule has 1 aromatic carbocycles. The second-order valence-electron chi connectivity index (χ2n) is 6.23. The van der Waals surface area contributed by atoms with Crippen LogP contribution in [0.4, 0.5) is 0 Å². The Balaban J connectivity index is 2.74. The maximum atomic E-state index is 9.26. The quantitative estimate of drug-likeness (QED) is 0.747. The molecule has 2 rings (SSSR count). The van der Waals surface area contributed by atoms with Gasteiger partial charge in [0.05, 0.1) is 0 Å². The molecule has 0 saturated heterocycles. The zero-order valence-electron chi connectivity index (χ0n) is 12.4. The van der Waals surface area contributed by atoms with Crippen LogP contribution in [0.1, 0.15) is 63.8 Å². The summed E-state index contributed by atoms with van der Waals surface area (Å²) in [4.78, 5) is 0. The first-order valence-corrected chi connectivity index (χ1v) is 6.85. The topological polar surface area (TPSA) is 36.9 Å². The Morgan fingerprint density at radius 2 is 2.00 bits per heavy atom. The summed E-state index contributed by atoms with van der Waals surface area (Å²) in [5, 5.41) is 10.3. The van der Waals surface area contributed by atoms with Crippen LogP contribution in [-0.4, -0.2) is 0 Å². The lowest BCUT2D eigenvalue weighted by molar-refractivity contribution is 0.546. The second-order valence-corrected chi connectivity index (χ2v) is 6.23. The van der Waals surface area contributed by atoms with Crippen molar-refractivity contribution in [1.29, 1.82) is 5.26 Å². The lowest BCUT2D eigenvalue weighted by Gasteiger charge is -2.18. The van der Waals surface area contributed by atoms with Crippen molar-refractivity contribution in [2.45, 2.75) is 52.4 Å². The molecule has 0 aliphatic rings. The summed E-state index contributed by atoms with van der Waals surface area (Å²) >= 11 is 0. The van der Waals surface area contributed by atoms with E-state index in [4.69, 9.17) is 4.42 Å². The van der Waals surface area contributed by atoms with Crippen LogP contribution in [0.25, 0.3) is 11.0 Å². The van der Waals surface area contributed by atoms with Gasteiger partial charge >= 0.3 is 0 Å². The molecule has 0 amide bonds. The zero-order valence-corrected chi connectivity index (χ0v) is 12.4. The Labute approximate surface area is 115 Å². The molecule has 1 heterocycles. The standard InChI is InChI=1S/C17H21NO/c1-6-11(2)12-7-8-14-13(9-12)16(17(3,4)5)15(10-18)19-14/h7-9,11H,6H2,1-5H3. The van der Waals surface area contributed by atoms with E-state index in [1.165, 1.54) is 5.56 Å². The number of hydrogen-bond acceptors (Lipinski definition) is 2. The van der Waals surface area contributed by atoms with E-state index in [0.717, 1.165) is 23.0 Å². The first kappa shape index (κ1) is 13.7. The lowest BCUT2D eigenvalue weighted by Crippen LogP contribution is -2.12. The largest absolute Gasteiger partial charge is 0.445 e. The van der Waals surface area contributed by atoms with Gasteiger partial charge in [-0.1, -0.05) is 40.7 Å². The molecule has 0 fully saturated rings. The molecule has 2 nitrogen and oxygen atoms in total. The summed E-state index contributed by atoms with van der Waals surface area (Å²) in [6.07, 6.45) is 1.11. The maximum absolute atomic E-state index is 9.26. The zero-order chi connectivity index (χ0) is 14.2. The van der Waals surface area contributed by atoms with Gasteiger partial charge in [-0.3, -0.25) is 0 Å². The predicted molar refractivity (Wildman–Crippen MR) is 78.3 cm³/mol. The number of rotatable bonds is 2. The molecule has 1 aromatic heterocycles.